The number of likely N-dealkylation sites (N-methyl/N-ethyl adjacent to an activating group) is 2. The standard InChI is InChI=1S/C9H20N2O2/c1-10-3-4-11(2)7-9(12)8-13-6-5-10/h9,12H,3-8H2,1-2H3. The maximum absolute atomic E-state index is 9.49. The molecular formula is C9H20N2O2. The Balaban J connectivity index is 2.32. The number of aliphatic hydroxyl groups is 1. The molecule has 1 saturated heterocycles. The zero-order valence-electron chi connectivity index (χ0n) is 8.57. The maximum Gasteiger partial charge on any atom is 0.0900 e. The molecule has 1 atom stereocenters. The predicted molar refractivity (Wildman–Crippen MR) is 51.8 cm³/mol. The quantitative estimate of drug-likeness (QED) is 0.542. The number of nitrogens with zero attached hydrogens (tertiary/aromatic N) is 2. The lowest BCUT2D eigenvalue weighted by Gasteiger charge is -2.26. The van der Waals surface area contributed by atoms with Crippen LogP contribution in [-0.4, -0.2) is 74.5 Å². The lowest BCUT2D eigenvalue weighted by atomic mass is 10.3. The third kappa shape index (κ3) is 4.57. The fourth-order valence-electron chi connectivity index (χ4n) is 1.40. The first-order chi connectivity index (χ1) is 6.18. The Bertz CT molecular complexity index is 144. The molecule has 1 fully saturated rings. The molecule has 1 aliphatic rings. The minimum absolute atomic E-state index is 0.339. The Morgan fingerprint density at radius 3 is 2.62 bits per heavy atom. The first-order valence-electron chi connectivity index (χ1n) is 4.81. The summed E-state index contributed by atoms with van der Waals surface area (Å²) >= 11 is 0. The van der Waals surface area contributed by atoms with E-state index in [1.807, 2.05) is 7.05 Å². The summed E-state index contributed by atoms with van der Waals surface area (Å²) in [4.78, 5) is 4.38. The van der Waals surface area contributed by atoms with Gasteiger partial charge in [-0.05, 0) is 14.1 Å². The fourth-order valence-corrected chi connectivity index (χ4v) is 1.40. The van der Waals surface area contributed by atoms with Crippen molar-refractivity contribution in [1.29, 1.82) is 0 Å². The minimum Gasteiger partial charge on any atom is -0.389 e. The molecule has 1 heterocycles. The van der Waals surface area contributed by atoms with Gasteiger partial charge in [-0.1, -0.05) is 0 Å². The molecule has 0 radical (unpaired) electrons. The molecule has 0 saturated carbocycles. The highest BCUT2D eigenvalue weighted by atomic mass is 16.5. The number of aliphatic hydroxyl groups excluding tert-OH is 1. The normalized spacial score (nSPS) is 30.2. The number of ether oxygens (including phenoxy) is 1. The third-order valence-electron chi connectivity index (χ3n) is 2.31. The van der Waals surface area contributed by atoms with Gasteiger partial charge in [-0.25, -0.2) is 0 Å². The molecule has 0 aromatic heterocycles. The van der Waals surface area contributed by atoms with Gasteiger partial charge in [0.1, 0.15) is 0 Å². The van der Waals surface area contributed by atoms with Gasteiger partial charge in [-0.3, -0.25) is 0 Å². The topological polar surface area (TPSA) is 35.9 Å². The molecule has 1 aliphatic heterocycles. The van der Waals surface area contributed by atoms with Crippen LogP contribution in [0.4, 0.5) is 0 Å². The SMILES string of the molecule is CN1CCOCC(O)CN(C)CC1. The van der Waals surface area contributed by atoms with Crippen molar-refractivity contribution in [3.63, 3.8) is 0 Å². The third-order valence-corrected chi connectivity index (χ3v) is 2.31. The van der Waals surface area contributed by atoms with Crippen LogP contribution in [-0.2, 0) is 4.74 Å². The van der Waals surface area contributed by atoms with Gasteiger partial charge < -0.3 is 19.6 Å². The molecule has 4 nitrogen and oxygen atoms in total. The van der Waals surface area contributed by atoms with E-state index in [2.05, 4.69) is 16.8 Å². The molecule has 1 unspecified atom stereocenters. The van der Waals surface area contributed by atoms with Crippen molar-refractivity contribution in [1.82, 2.24) is 9.80 Å². The van der Waals surface area contributed by atoms with Gasteiger partial charge in [-0.2, -0.15) is 0 Å². The van der Waals surface area contributed by atoms with E-state index in [-0.39, 0.29) is 6.10 Å². The van der Waals surface area contributed by atoms with Gasteiger partial charge in [-0.15, -0.1) is 0 Å². The lowest BCUT2D eigenvalue weighted by molar-refractivity contribution is 0.00570. The van der Waals surface area contributed by atoms with Gasteiger partial charge in [0.05, 0.1) is 19.3 Å². The van der Waals surface area contributed by atoms with E-state index in [9.17, 15) is 5.11 Å². The summed E-state index contributed by atoms with van der Waals surface area (Å²) in [5.74, 6) is 0. The molecule has 13 heavy (non-hydrogen) atoms. The predicted octanol–water partition coefficient (Wildman–Crippen LogP) is -0.759. The van der Waals surface area contributed by atoms with E-state index in [4.69, 9.17) is 4.74 Å². The van der Waals surface area contributed by atoms with Gasteiger partial charge in [0.25, 0.3) is 0 Å². The zero-order valence-corrected chi connectivity index (χ0v) is 8.57. The van der Waals surface area contributed by atoms with E-state index < -0.39 is 0 Å². The number of hydrogen-bond acceptors (Lipinski definition) is 4. The van der Waals surface area contributed by atoms with E-state index in [1.54, 1.807) is 0 Å². The van der Waals surface area contributed by atoms with Crippen LogP contribution in [0.15, 0.2) is 0 Å². The van der Waals surface area contributed by atoms with Crippen LogP contribution in [0, 0.1) is 0 Å². The molecule has 1 rings (SSSR count). The molecule has 0 bridgehead atoms. The van der Waals surface area contributed by atoms with E-state index >= 15 is 0 Å². The minimum atomic E-state index is -0.339. The summed E-state index contributed by atoms with van der Waals surface area (Å²) in [5, 5.41) is 9.49. The van der Waals surface area contributed by atoms with E-state index in [1.165, 1.54) is 0 Å². The van der Waals surface area contributed by atoms with Crippen LogP contribution in [0.2, 0.25) is 0 Å². The van der Waals surface area contributed by atoms with Crippen LogP contribution < -0.4 is 0 Å². The monoisotopic (exact) mass is 188 g/mol. The van der Waals surface area contributed by atoms with Crippen LogP contribution in [0.5, 0.6) is 0 Å². The van der Waals surface area contributed by atoms with Crippen LogP contribution >= 0.6 is 0 Å². The van der Waals surface area contributed by atoms with Gasteiger partial charge in [0.15, 0.2) is 0 Å². The summed E-state index contributed by atoms with van der Waals surface area (Å²) < 4.78 is 5.32. The lowest BCUT2D eigenvalue weighted by Crippen LogP contribution is -2.40. The van der Waals surface area contributed by atoms with Gasteiger partial charge in [0, 0.05) is 26.2 Å². The number of rotatable bonds is 0. The van der Waals surface area contributed by atoms with Crippen molar-refractivity contribution in [3.8, 4) is 0 Å². The van der Waals surface area contributed by atoms with Crippen molar-refractivity contribution in [3.05, 3.63) is 0 Å². The summed E-state index contributed by atoms with van der Waals surface area (Å²) in [6.07, 6.45) is -0.339. The molecule has 0 aromatic carbocycles. The van der Waals surface area contributed by atoms with Gasteiger partial charge in [0.2, 0.25) is 0 Å². The average molecular weight is 188 g/mol. The molecule has 0 aliphatic carbocycles. The summed E-state index contributed by atoms with van der Waals surface area (Å²) in [5.41, 5.74) is 0. The molecule has 4 heteroatoms. The molecule has 0 spiro atoms. The van der Waals surface area contributed by atoms with Crippen LogP contribution in [0.25, 0.3) is 0 Å². The van der Waals surface area contributed by atoms with Crippen LogP contribution in [0.1, 0.15) is 0 Å². The molecular weight excluding hydrogens is 168 g/mol. The summed E-state index contributed by atoms with van der Waals surface area (Å²) in [7, 11) is 4.12. The van der Waals surface area contributed by atoms with Crippen molar-refractivity contribution >= 4 is 0 Å². The first kappa shape index (κ1) is 10.9. The second kappa shape index (κ2) is 5.54. The Labute approximate surface area is 80.1 Å². The highest BCUT2D eigenvalue weighted by molar-refractivity contribution is 4.64. The Morgan fingerprint density at radius 2 is 1.85 bits per heavy atom. The second-order valence-electron chi connectivity index (χ2n) is 3.79. The van der Waals surface area contributed by atoms with E-state index in [0.29, 0.717) is 13.2 Å². The summed E-state index contributed by atoms with van der Waals surface area (Å²) in [6.45, 7) is 4.87. The van der Waals surface area contributed by atoms with Crippen LogP contribution in [0.3, 0.4) is 0 Å². The molecule has 0 amide bonds. The van der Waals surface area contributed by atoms with Crippen molar-refractivity contribution in [2.24, 2.45) is 0 Å². The maximum atomic E-state index is 9.49. The Hall–Kier alpha value is -0.160. The fraction of sp³-hybridized carbons (Fsp3) is 1.00. The largest absolute Gasteiger partial charge is 0.389 e. The Morgan fingerprint density at radius 1 is 1.15 bits per heavy atom. The first-order valence-corrected chi connectivity index (χ1v) is 4.81. The molecule has 1 N–H and O–H groups in total. The van der Waals surface area contributed by atoms with E-state index in [0.717, 1.165) is 26.2 Å². The van der Waals surface area contributed by atoms with Gasteiger partial charge >= 0.3 is 0 Å². The van der Waals surface area contributed by atoms with Crippen molar-refractivity contribution in [2.45, 2.75) is 6.10 Å². The summed E-state index contributed by atoms with van der Waals surface area (Å²) in [6, 6.07) is 0. The van der Waals surface area contributed by atoms with Crippen molar-refractivity contribution < 1.29 is 9.84 Å². The highest BCUT2D eigenvalue weighted by Crippen LogP contribution is 1.95. The highest BCUT2D eigenvalue weighted by Gasteiger charge is 2.11. The van der Waals surface area contributed by atoms with Crippen molar-refractivity contribution in [2.75, 3.05) is 53.5 Å². The average Bonchev–Trinajstić information content (AvgIpc) is 2.08. The molecule has 0 aromatic rings. The number of hydrogen-bond donors (Lipinski definition) is 1. The smallest absolute Gasteiger partial charge is 0.0900 e. The Kier molecular flexibility index (Phi) is 4.66. The number of β-amino-alcohol motifs (C(OH)–C–C–N with tert-alkyl or cyclic N) is 1. The second-order valence-corrected chi connectivity index (χ2v) is 3.79. The zero-order chi connectivity index (χ0) is 9.68. The molecule has 78 valence electrons.